The number of nitrogens with zero attached hydrogens (tertiary/aromatic N) is 2. The first kappa shape index (κ1) is 13.7. The first-order valence-electron chi connectivity index (χ1n) is 6.44. The van der Waals surface area contributed by atoms with Crippen LogP contribution in [0, 0.1) is 5.82 Å². The molecule has 0 unspecified atom stereocenters. The van der Waals surface area contributed by atoms with Crippen molar-refractivity contribution in [2.75, 3.05) is 0 Å². The van der Waals surface area contributed by atoms with Gasteiger partial charge in [-0.25, -0.2) is 4.39 Å². The molecule has 3 nitrogen and oxygen atoms in total. The maximum absolute atomic E-state index is 13.1. The summed E-state index contributed by atoms with van der Waals surface area (Å²) < 4.78 is 14.9. The summed E-state index contributed by atoms with van der Waals surface area (Å²) >= 11 is 0. The van der Waals surface area contributed by atoms with Crippen molar-refractivity contribution < 1.29 is 4.39 Å². The molecular formula is C15H20FN3. The predicted octanol–water partition coefficient (Wildman–Crippen LogP) is 2.96. The highest BCUT2D eigenvalue weighted by Crippen LogP contribution is 2.07. The Kier molecular flexibility index (Phi) is 4.00. The average molecular weight is 261 g/mol. The smallest absolute Gasteiger partial charge is 0.123 e. The zero-order valence-electron chi connectivity index (χ0n) is 11.7. The van der Waals surface area contributed by atoms with Crippen LogP contribution in [0.5, 0.6) is 0 Å². The second-order valence-corrected chi connectivity index (χ2v) is 5.74. The second-order valence-electron chi connectivity index (χ2n) is 5.74. The quantitative estimate of drug-likeness (QED) is 0.917. The van der Waals surface area contributed by atoms with E-state index in [9.17, 15) is 4.39 Å². The fraction of sp³-hybridized carbons (Fsp3) is 0.400. The van der Waals surface area contributed by atoms with Crippen molar-refractivity contribution in [1.82, 2.24) is 15.1 Å². The highest BCUT2D eigenvalue weighted by molar-refractivity contribution is 5.16. The van der Waals surface area contributed by atoms with E-state index in [0.717, 1.165) is 17.8 Å². The molecule has 1 heterocycles. The first-order valence-corrected chi connectivity index (χ1v) is 6.44. The van der Waals surface area contributed by atoms with Crippen LogP contribution < -0.4 is 5.32 Å². The van der Waals surface area contributed by atoms with Crippen LogP contribution in [-0.2, 0) is 13.1 Å². The number of rotatable bonds is 4. The molecule has 1 aromatic carbocycles. The average Bonchev–Trinajstić information content (AvgIpc) is 2.73. The number of benzene rings is 1. The molecule has 0 saturated heterocycles. The van der Waals surface area contributed by atoms with Gasteiger partial charge in [-0.2, -0.15) is 5.10 Å². The largest absolute Gasteiger partial charge is 0.306 e. The molecule has 0 amide bonds. The van der Waals surface area contributed by atoms with Crippen molar-refractivity contribution in [1.29, 1.82) is 0 Å². The SMILES string of the molecule is CC(C)(C)NCc1ccn(Cc2cccc(F)c2)n1. The molecule has 0 spiro atoms. The van der Waals surface area contributed by atoms with Gasteiger partial charge in [-0.05, 0) is 44.5 Å². The van der Waals surface area contributed by atoms with Gasteiger partial charge < -0.3 is 5.32 Å². The van der Waals surface area contributed by atoms with Gasteiger partial charge in [0.2, 0.25) is 0 Å². The molecule has 1 N–H and O–H groups in total. The standard InChI is InChI=1S/C15H20FN3/c1-15(2,3)17-10-14-7-8-19(18-14)11-12-5-4-6-13(16)9-12/h4-9,17H,10-11H2,1-3H3. The lowest BCUT2D eigenvalue weighted by atomic mass is 10.1. The Morgan fingerprint density at radius 3 is 2.74 bits per heavy atom. The number of nitrogens with one attached hydrogen (secondary N) is 1. The van der Waals surface area contributed by atoms with E-state index >= 15 is 0 Å². The molecular weight excluding hydrogens is 241 g/mol. The van der Waals surface area contributed by atoms with E-state index in [1.165, 1.54) is 12.1 Å². The summed E-state index contributed by atoms with van der Waals surface area (Å²) in [5, 5.41) is 7.86. The Morgan fingerprint density at radius 2 is 2.05 bits per heavy atom. The molecule has 19 heavy (non-hydrogen) atoms. The maximum Gasteiger partial charge on any atom is 0.123 e. The first-order chi connectivity index (χ1) is 8.92. The van der Waals surface area contributed by atoms with Gasteiger partial charge in [-0.1, -0.05) is 12.1 Å². The number of aromatic nitrogens is 2. The number of hydrogen-bond acceptors (Lipinski definition) is 2. The van der Waals surface area contributed by atoms with Crippen molar-refractivity contribution in [3.05, 3.63) is 53.6 Å². The summed E-state index contributed by atoms with van der Waals surface area (Å²) in [6.45, 7) is 7.69. The molecule has 0 aliphatic rings. The third-order valence-electron chi connectivity index (χ3n) is 2.73. The Hall–Kier alpha value is -1.68. The molecule has 0 fully saturated rings. The Labute approximate surface area is 113 Å². The van der Waals surface area contributed by atoms with Crippen LogP contribution >= 0.6 is 0 Å². The van der Waals surface area contributed by atoms with E-state index in [1.807, 2.05) is 23.0 Å². The van der Waals surface area contributed by atoms with Crippen LogP contribution in [0.1, 0.15) is 32.0 Å². The van der Waals surface area contributed by atoms with Crippen LogP contribution in [0.2, 0.25) is 0 Å². The monoisotopic (exact) mass is 261 g/mol. The summed E-state index contributed by atoms with van der Waals surface area (Å²) in [7, 11) is 0. The zero-order valence-corrected chi connectivity index (χ0v) is 11.7. The van der Waals surface area contributed by atoms with E-state index in [2.05, 4.69) is 31.2 Å². The van der Waals surface area contributed by atoms with Gasteiger partial charge in [0.1, 0.15) is 5.82 Å². The number of halogens is 1. The minimum absolute atomic E-state index is 0.0757. The minimum atomic E-state index is -0.209. The summed E-state index contributed by atoms with van der Waals surface area (Å²) in [6.07, 6.45) is 1.92. The molecule has 0 aliphatic heterocycles. The fourth-order valence-corrected chi connectivity index (χ4v) is 1.76. The summed E-state index contributed by atoms with van der Waals surface area (Å²) in [6, 6.07) is 8.59. The topological polar surface area (TPSA) is 29.9 Å². The molecule has 2 aromatic rings. The van der Waals surface area contributed by atoms with Crippen molar-refractivity contribution in [3.63, 3.8) is 0 Å². The van der Waals surface area contributed by atoms with Crippen molar-refractivity contribution in [3.8, 4) is 0 Å². The fourth-order valence-electron chi connectivity index (χ4n) is 1.76. The molecule has 0 bridgehead atoms. The van der Waals surface area contributed by atoms with Crippen LogP contribution in [-0.4, -0.2) is 15.3 Å². The van der Waals surface area contributed by atoms with E-state index in [1.54, 1.807) is 6.07 Å². The second kappa shape index (κ2) is 5.53. The molecule has 0 aliphatic carbocycles. The molecule has 2 rings (SSSR count). The van der Waals surface area contributed by atoms with Crippen LogP contribution in [0.4, 0.5) is 4.39 Å². The molecule has 0 atom stereocenters. The Balaban J connectivity index is 1.97. The van der Waals surface area contributed by atoms with Gasteiger partial charge in [-0.3, -0.25) is 4.68 Å². The van der Waals surface area contributed by atoms with Gasteiger partial charge >= 0.3 is 0 Å². The van der Waals surface area contributed by atoms with Crippen molar-refractivity contribution in [2.24, 2.45) is 0 Å². The highest BCUT2D eigenvalue weighted by atomic mass is 19.1. The van der Waals surface area contributed by atoms with Crippen LogP contribution in [0.25, 0.3) is 0 Å². The third kappa shape index (κ3) is 4.48. The summed E-state index contributed by atoms with van der Waals surface area (Å²) in [5.41, 5.74) is 1.98. The lowest BCUT2D eigenvalue weighted by Crippen LogP contribution is -2.35. The highest BCUT2D eigenvalue weighted by Gasteiger charge is 2.09. The minimum Gasteiger partial charge on any atom is -0.306 e. The zero-order chi connectivity index (χ0) is 13.9. The van der Waals surface area contributed by atoms with Gasteiger partial charge in [-0.15, -0.1) is 0 Å². The molecule has 102 valence electrons. The Bertz CT molecular complexity index is 540. The van der Waals surface area contributed by atoms with Gasteiger partial charge in [0.05, 0.1) is 12.2 Å². The predicted molar refractivity (Wildman–Crippen MR) is 74.3 cm³/mol. The van der Waals surface area contributed by atoms with Gasteiger partial charge in [0, 0.05) is 18.3 Å². The van der Waals surface area contributed by atoms with Crippen LogP contribution in [0.15, 0.2) is 36.5 Å². The van der Waals surface area contributed by atoms with Crippen molar-refractivity contribution in [2.45, 2.75) is 39.4 Å². The summed E-state index contributed by atoms with van der Waals surface area (Å²) in [5.74, 6) is -0.209. The summed E-state index contributed by atoms with van der Waals surface area (Å²) in [4.78, 5) is 0. The Morgan fingerprint density at radius 1 is 1.26 bits per heavy atom. The molecule has 0 saturated carbocycles. The van der Waals surface area contributed by atoms with E-state index in [0.29, 0.717) is 6.54 Å². The van der Waals surface area contributed by atoms with E-state index < -0.39 is 0 Å². The van der Waals surface area contributed by atoms with Gasteiger partial charge in [0.25, 0.3) is 0 Å². The van der Waals surface area contributed by atoms with Crippen LogP contribution in [0.3, 0.4) is 0 Å². The maximum atomic E-state index is 13.1. The number of hydrogen-bond donors (Lipinski definition) is 1. The lowest BCUT2D eigenvalue weighted by Gasteiger charge is -2.19. The van der Waals surface area contributed by atoms with Gasteiger partial charge in [0.15, 0.2) is 0 Å². The normalized spacial score (nSPS) is 11.8. The molecule has 0 radical (unpaired) electrons. The third-order valence-corrected chi connectivity index (χ3v) is 2.73. The molecule has 1 aromatic heterocycles. The van der Waals surface area contributed by atoms with Crippen molar-refractivity contribution >= 4 is 0 Å². The van der Waals surface area contributed by atoms with E-state index in [-0.39, 0.29) is 11.4 Å². The van der Waals surface area contributed by atoms with E-state index in [4.69, 9.17) is 0 Å². The molecule has 4 heteroatoms. The lowest BCUT2D eigenvalue weighted by molar-refractivity contribution is 0.419.